The van der Waals surface area contributed by atoms with E-state index in [4.69, 9.17) is 5.73 Å². The number of amides is 1. The number of hydrogen-bond donors (Lipinski definition) is 1. The maximum absolute atomic E-state index is 11.1. The Kier molecular flexibility index (Phi) is 6.29. The summed E-state index contributed by atoms with van der Waals surface area (Å²) >= 11 is 0. The van der Waals surface area contributed by atoms with Gasteiger partial charge in [-0.3, -0.25) is 4.79 Å². The maximum atomic E-state index is 11.1. The summed E-state index contributed by atoms with van der Waals surface area (Å²) in [5.74, 6) is 0.325. The van der Waals surface area contributed by atoms with Crippen LogP contribution in [0, 0.1) is 5.92 Å². The largest absolute Gasteiger partial charge is 0.375 e. The SMILES string of the molecule is C=C/C(=C\C=C(/C)N1CCC(CC(=C)C)CC1)C(N)=O. The summed E-state index contributed by atoms with van der Waals surface area (Å²) in [6.07, 6.45) is 8.72. The summed E-state index contributed by atoms with van der Waals surface area (Å²) in [6, 6.07) is 0. The second kappa shape index (κ2) is 7.73. The number of carbonyl (C=O) groups is 1. The molecule has 0 aromatic carbocycles. The molecule has 1 amide bonds. The highest BCUT2D eigenvalue weighted by Crippen LogP contribution is 2.25. The number of likely N-dealkylation sites (tertiary alicyclic amines) is 1. The molecule has 110 valence electrons. The lowest BCUT2D eigenvalue weighted by molar-refractivity contribution is -0.114. The highest BCUT2D eigenvalue weighted by Gasteiger charge is 2.18. The highest BCUT2D eigenvalue weighted by molar-refractivity contribution is 5.94. The van der Waals surface area contributed by atoms with Crippen LogP contribution >= 0.6 is 0 Å². The van der Waals surface area contributed by atoms with Gasteiger partial charge in [-0.25, -0.2) is 0 Å². The third-order valence-corrected chi connectivity index (χ3v) is 3.76. The van der Waals surface area contributed by atoms with Crippen molar-refractivity contribution in [3.8, 4) is 0 Å². The fraction of sp³-hybridized carbons (Fsp3) is 0.471. The predicted octanol–water partition coefficient (Wildman–Crippen LogP) is 3.17. The van der Waals surface area contributed by atoms with Gasteiger partial charge in [0.2, 0.25) is 5.91 Å². The monoisotopic (exact) mass is 274 g/mol. The number of carbonyl (C=O) groups excluding carboxylic acids is 1. The van der Waals surface area contributed by atoms with Crippen LogP contribution in [0.25, 0.3) is 0 Å². The van der Waals surface area contributed by atoms with Crippen LogP contribution in [-0.4, -0.2) is 23.9 Å². The molecule has 1 saturated heterocycles. The van der Waals surface area contributed by atoms with Crippen LogP contribution in [0.1, 0.15) is 33.1 Å². The minimum Gasteiger partial charge on any atom is -0.375 e. The van der Waals surface area contributed by atoms with Crippen LogP contribution < -0.4 is 5.73 Å². The maximum Gasteiger partial charge on any atom is 0.248 e. The van der Waals surface area contributed by atoms with Crippen molar-refractivity contribution in [2.75, 3.05) is 13.1 Å². The fourth-order valence-electron chi connectivity index (χ4n) is 2.55. The molecule has 0 aromatic rings. The first-order valence-corrected chi connectivity index (χ1v) is 7.14. The van der Waals surface area contributed by atoms with Crippen molar-refractivity contribution in [3.63, 3.8) is 0 Å². The van der Waals surface area contributed by atoms with Crippen molar-refractivity contribution in [1.82, 2.24) is 4.90 Å². The average molecular weight is 274 g/mol. The van der Waals surface area contributed by atoms with Gasteiger partial charge in [-0.15, -0.1) is 6.58 Å². The van der Waals surface area contributed by atoms with Gasteiger partial charge in [0, 0.05) is 24.4 Å². The van der Waals surface area contributed by atoms with Crippen molar-refractivity contribution < 1.29 is 4.79 Å². The summed E-state index contributed by atoms with van der Waals surface area (Å²) in [4.78, 5) is 13.5. The lowest BCUT2D eigenvalue weighted by atomic mass is 9.91. The summed E-state index contributed by atoms with van der Waals surface area (Å²) in [6.45, 7) is 13.9. The molecule has 0 bridgehead atoms. The van der Waals surface area contributed by atoms with Gasteiger partial charge in [-0.2, -0.15) is 0 Å². The zero-order valence-corrected chi connectivity index (χ0v) is 12.7. The molecule has 0 saturated carbocycles. The van der Waals surface area contributed by atoms with Crippen molar-refractivity contribution in [1.29, 1.82) is 0 Å². The molecule has 0 spiro atoms. The predicted molar refractivity (Wildman–Crippen MR) is 85.0 cm³/mol. The van der Waals surface area contributed by atoms with Crippen LogP contribution in [-0.2, 0) is 4.79 Å². The first-order chi connectivity index (χ1) is 9.43. The lowest BCUT2D eigenvalue weighted by Crippen LogP contribution is -2.32. The number of allylic oxidation sites excluding steroid dienone is 4. The Bertz CT molecular complexity index is 438. The number of piperidine rings is 1. The van der Waals surface area contributed by atoms with Crippen LogP contribution in [0.15, 0.2) is 48.2 Å². The molecule has 2 N–H and O–H groups in total. The van der Waals surface area contributed by atoms with Gasteiger partial charge in [0.15, 0.2) is 0 Å². The van der Waals surface area contributed by atoms with E-state index in [-0.39, 0.29) is 0 Å². The normalized spacial score (nSPS) is 18.0. The van der Waals surface area contributed by atoms with Gasteiger partial charge in [0.25, 0.3) is 0 Å². The molecule has 20 heavy (non-hydrogen) atoms. The Hall–Kier alpha value is -1.77. The molecular weight excluding hydrogens is 248 g/mol. The smallest absolute Gasteiger partial charge is 0.248 e. The van der Waals surface area contributed by atoms with E-state index in [9.17, 15) is 4.79 Å². The molecular formula is C17H26N2O. The van der Waals surface area contributed by atoms with E-state index in [0.717, 1.165) is 25.4 Å². The summed E-state index contributed by atoms with van der Waals surface area (Å²) < 4.78 is 0. The number of rotatable bonds is 6. The van der Waals surface area contributed by atoms with Crippen LogP contribution in [0.5, 0.6) is 0 Å². The van der Waals surface area contributed by atoms with Gasteiger partial charge >= 0.3 is 0 Å². The van der Waals surface area contributed by atoms with Crippen LogP contribution in [0.3, 0.4) is 0 Å². The Morgan fingerprint density at radius 3 is 2.35 bits per heavy atom. The van der Waals surface area contributed by atoms with Crippen molar-refractivity contribution in [3.05, 3.63) is 48.2 Å². The van der Waals surface area contributed by atoms with Crippen molar-refractivity contribution >= 4 is 5.91 Å². The molecule has 0 atom stereocenters. The fourth-order valence-corrected chi connectivity index (χ4v) is 2.55. The van der Waals surface area contributed by atoms with Gasteiger partial charge in [0.05, 0.1) is 0 Å². The quantitative estimate of drug-likeness (QED) is 0.459. The molecule has 3 heteroatoms. The third-order valence-electron chi connectivity index (χ3n) is 3.76. The summed E-state index contributed by atoms with van der Waals surface area (Å²) in [5.41, 5.74) is 8.13. The van der Waals surface area contributed by atoms with Gasteiger partial charge < -0.3 is 10.6 Å². The van der Waals surface area contributed by atoms with Gasteiger partial charge in [-0.1, -0.05) is 18.2 Å². The molecule has 0 aromatic heterocycles. The van der Waals surface area contributed by atoms with E-state index >= 15 is 0 Å². The molecule has 1 aliphatic heterocycles. The van der Waals surface area contributed by atoms with E-state index in [1.807, 2.05) is 6.08 Å². The number of nitrogens with zero attached hydrogens (tertiary/aromatic N) is 1. The second-order valence-electron chi connectivity index (χ2n) is 5.59. The van der Waals surface area contributed by atoms with Crippen molar-refractivity contribution in [2.45, 2.75) is 33.1 Å². The minimum atomic E-state index is -0.441. The molecule has 1 aliphatic rings. The number of primary amides is 1. The number of hydrogen-bond acceptors (Lipinski definition) is 2. The Morgan fingerprint density at radius 1 is 1.30 bits per heavy atom. The van der Waals surface area contributed by atoms with Crippen LogP contribution in [0.4, 0.5) is 0 Å². The second-order valence-corrected chi connectivity index (χ2v) is 5.59. The Labute approximate surface area is 122 Å². The zero-order valence-electron chi connectivity index (χ0n) is 12.7. The summed E-state index contributed by atoms with van der Waals surface area (Å²) in [5, 5.41) is 0. The van der Waals surface area contributed by atoms with E-state index in [1.54, 1.807) is 6.08 Å². The van der Waals surface area contributed by atoms with Gasteiger partial charge in [0.1, 0.15) is 0 Å². The number of nitrogens with two attached hydrogens (primary N) is 1. The highest BCUT2D eigenvalue weighted by atomic mass is 16.1. The molecule has 0 radical (unpaired) electrons. The van der Waals surface area contributed by atoms with Gasteiger partial charge in [-0.05, 0) is 51.2 Å². The first-order valence-electron chi connectivity index (χ1n) is 7.14. The molecule has 1 rings (SSSR count). The molecule has 0 unspecified atom stereocenters. The molecule has 1 heterocycles. The lowest BCUT2D eigenvalue weighted by Gasteiger charge is -2.34. The standard InChI is InChI=1S/C17H26N2O/c1-5-16(17(18)20)7-6-14(4)19-10-8-15(9-11-19)12-13(2)3/h5-7,15H,1-2,8-12H2,3-4H3,(H2,18,20)/b14-6+,16-7+. The topological polar surface area (TPSA) is 46.3 Å². The summed E-state index contributed by atoms with van der Waals surface area (Å²) in [7, 11) is 0. The molecule has 1 fully saturated rings. The zero-order chi connectivity index (χ0) is 15.1. The molecule has 0 aliphatic carbocycles. The molecule has 3 nitrogen and oxygen atoms in total. The van der Waals surface area contributed by atoms with E-state index < -0.39 is 5.91 Å². The van der Waals surface area contributed by atoms with E-state index in [2.05, 4.69) is 31.9 Å². The first kappa shape index (κ1) is 16.3. The van der Waals surface area contributed by atoms with Crippen molar-refractivity contribution in [2.24, 2.45) is 11.7 Å². The average Bonchev–Trinajstić information content (AvgIpc) is 2.39. The Balaban J connectivity index is 2.58. The minimum absolute atomic E-state index is 0.441. The van der Waals surface area contributed by atoms with Crippen LogP contribution in [0.2, 0.25) is 0 Å². The van der Waals surface area contributed by atoms with E-state index in [1.165, 1.54) is 30.2 Å². The third kappa shape index (κ3) is 5.08. The Morgan fingerprint density at radius 2 is 1.90 bits per heavy atom. The van der Waals surface area contributed by atoms with E-state index in [0.29, 0.717) is 5.57 Å².